The van der Waals surface area contributed by atoms with Gasteiger partial charge in [0.25, 0.3) is 0 Å². The van der Waals surface area contributed by atoms with Gasteiger partial charge in [0.1, 0.15) is 17.3 Å². The third-order valence-electron chi connectivity index (χ3n) is 2.25. The molecule has 2 heterocycles. The van der Waals surface area contributed by atoms with Gasteiger partial charge in [0.2, 0.25) is 0 Å². The highest BCUT2D eigenvalue weighted by atomic mass is 79.9. The van der Waals surface area contributed by atoms with Gasteiger partial charge in [-0.1, -0.05) is 11.6 Å². The molecule has 0 aliphatic carbocycles. The number of nitrogens with zero attached hydrogens (tertiary/aromatic N) is 3. The van der Waals surface area contributed by atoms with Crippen LogP contribution in [0.4, 0.5) is 5.82 Å². The predicted molar refractivity (Wildman–Crippen MR) is 62.4 cm³/mol. The van der Waals surface area contributed by atoms with Gasteiger partial charge in [-0.25, -0.2) is 9.97 Å². The molecule has 2 rings (SSSR count). The van der Waals surface area contributed by atoms with E-state index in [-0.39, 0.29) is 0 Å². The number of aromatic nitrogens is 2. The standard InChI is InChI=1S/C9H11BrClN3O/c10-7-8(11)12-6-13-9(7)14-2-1-4-15-5-3-14/h6H,1-5H2. The fourth-order valence-corrected chi connectivity index (χ4v) is 2.10. The van der Waals surface area contributed by atoms with Gasteiger partial charge in [0.05, 0.1) is 11.1 Å². The second-order valence-corrected chi connectivity index (χ2v) is 4.41. The van der Waals surface area contributed by atoms with Crippen LogP contribution in [0, 0.1) is 0 Å². The Bertz CT molecular complexity index is 342. The summed E-state index contributed by atoms with van der Waals surface area (Å²) >= 11 is 9.32. The number of anilines is 1. The first-order valence-corrected chi connectivity index (χ1v) is 5.95. The van der Waals surface area contributed by atoms with Crippen LogP contribution in [-0.2, 0) is 4.74 Å². The van der Waals surface area contributed by atoms with E-state index in [4.69, 9.17) is 16.3 Å². The van der Waals surface area contributed by atoms with Crippen molar-refractivity contribution in [3.8, 4) is 0 Å². The summed E-state index contributed by atoms with van der Waals surface area (Å²) in [6, 6.07) is 0. The number of hydrogen-bond acceptors (Lipinski definition) is 4. The van der Waals surface area contributed by atoms with Gasteiger partial charge in [0, 0.05) is 19.7 Å². The van der Waals surface area contributed by atoms with Gasteiger partial charge >= 0.3 is 0 Å². The highest BCUT2D eigenvalue weighted by Crippen LogP contribution is 2.29. The molecule has 0 bridgehead atoms. The van der Waals surface area contributed by atoms with Gasteiger partial charge in [0.15, 0.2) is 0 Å². The molecule has 0 N–H and O–H groups in total. The van der Waals surface area contributed by atoms with Crippen molar-refractivity contribution in [3.05, 3.63) is 16.0 Å². The number of rotatable bonds is 1. The third-order valence-corrected chi connectivity index (χ3v) is 3.50. The summed E-state index contributed by atoms with van der Waals surface area (Å²) in [5.41, 5.74) is 0. The van der Waals surface area contributed by atoms with Crippen LogP contribution in [-0.4, -0.2) is 36.3 Å². The van der Waals surface area contributed by atoms with E-state index in [9.17, 15) is 0 Å². The Kier molecular flexibility index (Phi) is 3.77. The van der Waals surface area contributed by atoms with Crippen LogP contribution in [0.5, 0.6) is 0 Å². The van der Waals surface area contributed by atoms with Crippen LogP contribution in [0.1, 0.15) is 6.42 Å². The monoisotopic (exact) mass is 291 g/mol. The van der Waals surface area contributed by atoms with Crippen molar-refractivity contribution in [3.63, 3.8) is 0 Å². The molecule has 4 nitrogen and oxygen atoms in total. The maximum atomic E-state index is 5.92. The van der Waals surface area contributed by atoms with Crippen molar-refractivity contribution in [2.45, 2.75) is 6.42 Å². The third kappa shape index (κ3) is 2.59. The quantitative estimate of drug-likeness (QED) is 0.743. The summed E-state index contributed by atoms with van der Waals surface area (Å²) < 4.78 is 6.14. The lowest BCUT2D eigenvalue weighted by molar-refractivity contribution is 0.152. The van der Waals surface area contributed by atoms with E-state index in [1.54, 1.807) is 0 Å². The van der Waals surface area contributed by atoms with Crippen LogP contribution in [0.15, 0.2) is 10.8 Å². The van der Waals surface area contributed by atoms with Crippen molar-refractivity contribution in [2.24, 2.45) is 0 Å². The van der Waals surface area contributed by atoms with E-state index >= 15 is 0 Å². The Labute approximate surface area is 102 Å². The number of halogens is 2. The first-order valence-electron chi connectivity index (χ1n) is 4.77. The molecule has 0 unspecified atom stereocenters. The van der Waals surface area contributed by atoms with Crippen LogP contribution >= 0.6 is 27.5 Å². The molecule has 0 atom stereocenters. The molecule has 1 aromatic rings. The van der Waals surface area contributed by atoms with Crippen molar-refractivity contribution in [1.82, 2.24) is 9.97 Å². The van der Waals surface area contributed by atoms with E-state index in [0.717, 1.165) is 43.0 Å². The van der Waals surface area contributed by atoms with Crippen molar-refractivity contribution >= 4 is 33.3 Å². The Morgan fingerprint density at radius 1 is 1.33 bits per heavy atom. The maximum Gasteiger partial charge on any atom is 0.148 e. The smallest absolute Gasteiger partial charge is 0.148 e. The number of ether oxygens (including phenoxy) is 1. The molecule has 1 saturated heterocycles. The molecular formula is C9H11BrClN3O. The molecule has 0 amide bonds. The zero-order chi connectivity index (χ0) is 10.7. The van der Waals surface area contributed by atoms with Crippen LogP contribution in [0.2, 0.25) is 5.15 Å². The molecule has 1 aliphatic rings. The van der Waals surface area contributed by atoms with E-state index in [1.165, 1.54) is 6.33 Å². The molecule has 1 fully saturated rings. The maximum absolute atomic E-state index is 5.92. The van der Waals surface area contributed by atoms with Crippen molar-refractivity contribution < 1.29 is 4.74 Å². The van der Waals surface area contributed by atoms with Gasteiger partial charge < -0.3 is 9.64 Å². The Morgan fingerprint density at radius 2 is 2.20 bits per heavy atom. The van der Waals surface area contributed by atoms with Crippen LogP contribution < -0.4 is 4.90 Å². The zero-order valence-electron chi connectivity index (χ0n) is 8.12. The number of hydrogen-bond donors (Lipinski definition) is 0. The predicted octanol–water partition coefficient (Wildman–Crippen LogP) is 2.12. The Hall–Kier alpha value is -0.390. The molecule has 0 spiro atoms. The minimum Gasteiger partial charge on any atom is -0.380 e. The van der Waals surface area contributed by atoms with E-state index < -0.39 is 0 Å². The SMILES string of the molecule is Clc1ncnc(N2CCCOCC2)c1Br. The molecule has 0 saturated carbocycles. The molecule has 6 heteroatoms. The highest BCUT2D eigenvalue weighted by molar-refractivity contribution is 9.10. The van der Waals surface area contributed by atoms with Gasteiger partial charge in [-0.2, -0.15) is 0 Å². The Balaban J connectivity index is 2.23. The van der Waals surface area contributed by atoms with E-state index in [2.05, 4.69) is 30.8 Å². The Morgan fingerprint density at radius 3 is 3.07 bits per heavy atom. The summed E-state index contributed by atoms with van der Waals surface area (Å²) in [7, 11) is 0. The lowest BCUT2D eigenvalue weighted by atomic mass is 10.4. The molecule has 0 radical (unpaired) electrons. The second-order valence-electron chi connectivity index (χ2n) is 3.26. The van der Waals surface area contributed by atoms with Crippen LogP contribution in [0.3, 0.4) is 0 Å². The van der Waals surface area contributed by atoms with Gasteiger partial charge in [-0.3, -0.25) is 0 Å². The molecule has 1 aliphatic heterocycles. The van der Waals surface area contributed by atoms with E-state index in [0.29, 0.717) is 5.15 Å². The lowest BCUT2D eigenvalue weighted by Crippen LogP contribution is -2.27. The average Bonchev–Trinajstić information content (AvgIpc) is 2.50. The van der Waals surface area contributed by atoms with Crippen molar-refractivity contribution in [2.75, 3.05) is 31.2 Å². The minimum atomic E-state index is 0.449. The summed E-state index contributed by atoms with van der Waals surface area (Å²) in [4.78, 5) is 10.3. The highest BCUT2D eigenvalue weighted by Gasteiger charge is 2.16. The fraction of sp³-hybridized carbons (Fsp3) is 0.556. The summed E-state index contributed by atoms with van der Waals surface area (Å²) in [5.74, 6) is 0.848. The first kappa shape index (κ1) is 11.1. The summed E-state index contributed by atoms with van der Waals surface area (Å²) in [6.07, 6.45) is 2.49. The second kappa shape index (κ2) is 5.09. The van der Waals surface area contributed by atoms with Crippen molar-refractivity contribution in [1.29, 1.82) is 0 Å². The normalized spacial score (nSPS) is 17.6. The molecule has 15 heavy (non-hydrogen) atoms. The lowest BCUT2D eigenvalue weighted by Gasteiger charge is -2.21. The zero-order valence-corrected chi connectivity index (χ0v) is 10.5. The summed E-state index contributed by atoms with van der Waals surface area (Å²) in [5, 5.41) is 0.449. The molecule has 82 valence electrons. The van der Waals surface area contributed by atoms with Gasteiger partial charge in [-0.15, -0.1) is 0 Å². The molecule has 0 aromatic carbocycles. The van der Waals surface area contributed by atoms with E-state index in [1.807, 2.05) is 0 Å². The summed E-state index contributed by atoms with van der Waals surface area (Å²) in [6.45, 7) is 3.32. The minimum absolute atomic E-state index is 0.449. The molecular weight excluding hydrogens is 281 g/mol. The largest absolute Gasteiger partial charge is 0.380 e. The average molecular weight is 293 g/mol. The van der Waals surface area contributed by atoms with Gasteiger partial charge in [-0.05, 0) is 22.4 Å². The topological polar surface area (TPSA) is 38.2 Å². The fourth-order valence-electron chi connectivity index (χ4n) is 1.52. The first-order chi connectivity index (χ1) is 7.29. The molecule has 1 aromatic heterocycles. The van der Waals surface area contributed by atoms with Crippen LogP contribution in [0.25, 0.3) is 0 Å².